The first-order chi connectivity index (χ1) is 13.1. The third-order valence-corrected chi connectivity index (χ3v) is 5.40. The van der Waals surface area contributed by atoms with Gasteiger partial charge in [0.1, 0.15) is 5.82 Å². The van der Waals surface area contributed by atoms with Crippen molar-refractivity contribution in [3.05, 3.63) is 34.2 Å². The van der Waals surface area contributed by atoms with Crippen molar-refractivity contribution in [2.24, 2.45) is 10.1 Å². The molecule has 1 saturated heterocycles. The van der Waals surface area contributed by atoms with Crippen LogP contribution in [0, 0.1) is 5.82 Å². The van der Waals surface area contributed by atoms with Gasteiger partial charge in [-0.05, 0) is 44.4 Å². The number of nitrogens with two attached hydrogens (primary N) is 1. The molecule has 0 aliphatic carbocycles. The van der Waals surface area contributed by atoms with Gasteiger partial charge in [-0.25, -0.2) is 23.5 Å². The second kappa shape index (κ2) is 7.67. The molecule has 1 aliphatic rings. The summed E-state index contributed by atoms with van der Waals surface area (Å²) in [4.78, 5) is 4.06. The number of amidine groups is 1. The standard InChI is InChI=1S/C13H14BrF2N7O4S/c14-8-3-7(1-2-9(8)15)19-12(20-24)10-11(22-27-21-10)18-4-13(16)5-23(6-13)28(17,25)26/h1-3,24H,4-6H2,(H,18,22)(H,19,20)(H2,17,25,26). The monoisotopic (exact) mass is 481 g/mol. The molecule has 2 heterocycles. The lowest BCUT2D eigenvalue weighted by Crippen LogP contribution is -2.64. The molecule has 5 N–H and O–H groups in total. The molecule has 2 aromatic rings. The van der Waals surface area contributed by atoms with Crippen LogP contribution in [0.1, 0.15) is 5.69 Å². The van der Waals surface area contributed by atoms with Crippen LogP contribution in [0.15, 0.2) is 32.3 Å². The van der Waals surface area contributed by atoms with E-state index in [-0.39, 0.29) is 34.1 Å². The van der Waals surface area contributed by atoms with E-state index >= 15 is 0 Å². The molecule has 28 heavy (non-hydrogen) atoms. The molecule has 1 aromatic heterocycles. The number of anilines is 1. The van der Waals surface area contributed by atoms with Gasteiger partial charge in [0.2, 0.25) is 5.82 Å². The normalized spacial score (nSPS) is 17.2. The summed E-state index contributed by atoms with van der Waals surface area (Å²) >= 11 is 3.02. The maximum atomic E-state index is 14.5. The van der Waals surface area contributed by atoms with Gasteiger partial charge in [-0.3, -0.25) is 10.7 Å². The van der Waals surface area contributed by atoms with Gasteiger partial charge < -0.3 is 5.32 Å². The van der Waals surface area contributed by atoms with Gasteiger partial charge in [0.05, 0.1) is 29.8 Å². The number of halogens is 3. The fraction of sp³-hybridized carbons (Fsp3) is 0.308. The Bertz CT molecular complexity index is 1010. The lowest BCUT2D eigenvalue weighted by Gasteiger charge is -2.42. The summed E-state index contributed by atoms with van der Waals surface area (Å²) in [6, 6.07) is 3.88. The van der Waals surface area contributed by atoms with Gasteiger partial charge in [0, 0.05) is 0 Å². The topological polar surface area (TPSA) is 159 Å². The number of hydroxylamine groups is 1. The molecule has 0 amide bonds. The summed E-state index contributed by atoms with van der Waals surface area (Å²) in [6.07, 6.45) is 0. The third kappa shape index (κ3) is 4.44. The van der Waals surface area contributed by atoms with Gasteiger partial charge in [-0.2, -0.15) is 12.7 Å². The van der Waals surface area contributed by atoms with Crippen LogP contribution in [0.3, 0.4) is 0 Å². The van der Waals surface area contributed by atoms with Crippen molar-refractivity contribution in [3.63, 3.8) is 0 Å². The Kier molecular flexibility index (Phi) is 5.62. The molecule has 0 radical (unpaired) electrons. The fourth-order valence-corrected chi connectivity index (χ4v) is 3.58. The molecule has 0 unspecified atom stereocenters. The van der Waals surface area contributed by atoms with E-state index in [2.05, 4.69) is 41.2 Å². The highest BCUT2D eigenvalue weighted by Crippen LogP contribution is 2.28. The minimum atomic E-state index is -3.95. The average molecular weight is 482 g/mol. The van der Waals surface area contributed by atoms with E-state index in [9.17, 15) is 22.4 Å². The molecule has 15 heteroatoms. The van der Waals surface area contributed by atoms with E-state index in [0.29, 0.717) is 0 Å². The molecule has 3 rings (SSSR count). The van der Waals surface area contributed by atoms with Crippen LogP contribution in [0.5, 0.6) is 0 Å². The largest absolute Gasteiger partial charge is 0.362 e. The Morgan fingerprint density at radius 1 is 1.46 bits per heavy atom. The Hall–Kier alpha value is -2.20. The summed E-state index contributed by atoms with van der Waals surface area (Å²) < 4.78 is 55.6. The van der Waals surface area contributed by atoms with E-state index < -0.39 is 34.8 Å². The smallest absolute Gasteiger partial charge is 0.277 e. The predicted octanol–water partition coefficient (Wildman–Crippen LogP) is 0.668. The summed E-state index contributed by atoms with van der Waals surface area (Å²) in [7, 11) is -3.95. The van der Waals surface area contributed by atoms with Crippen LogP contribution in [0.25, 0.3) is 0 Å². The number of alkyl halides is 1. The quantitative estimate of drug-likeness (QED) is 0.266. The zero-order chi connectivity index (χ0) is 20.5. The summed E-state index contributed by atoms with van der Waals surface area (Å²) in [5.74, 6) is -0.743. The molecular formula is C13H14BrF2N7O4S. The third-order valence-electron chi connectivity index (χ3n) is 3.81. The lowest BCUT2D eigenvalue weighted by atomic mass is 9.99. The molecule has 0 atom stereocenters. The average Bonchev–Trinajstić information content (AvgIpc) is 3.06. The zero-order valence-electron chi connectivity index (χ0n) is 13.9. The first-order valence-corrected chi connectivity index (χ1v) is 9.88. The van der Waals surface area contributed by atoms with Gasteiger partial charge in [-0.1, -0.05) is 0 Å². The van der Waals surface area contributed by atoms with Crippen molar-refractivity contribution >= 4 is 43.5 Å². The summed E-state index contributed by atoms with van der Waals surface area (Å²) in [6.45, 7) is -1.15. The Morgan fingerprint density at radius 3 is 2.79 bits per heavy atom. The molecule has 0 spiro atoms. The molecule has 1 aliphatic heterocycles. The van der Waals surface area contributed by atoms with E-state index in [0.717, 1.165) is 4.31 Å². The Balaban J connectivity index is 1.73. The second-order valence-corrected chi connectivity index (χ2v) is 8.35. The van der Waals surface area contributed by atoms with Gasteiger partial charge in [0.15, 0.2) is 17.2 Å². The van der Waals surface area contributed by atoms with E-state index in [1.54, 1.807) is 0 Å². The van der Waals surface area contributed by atoms with Gasteiger partial charge >= 0.3 is 0 Å². The molecule has 1 fully saturated rings. The predicted molar refractivity (Wildman–Crippen MR) is 96.5 cm³/mol. The maximum absolute atomic E-state index is 14.5. The molecule has 152 valence electrons. The number of hydrogen-bond acceptors (Lipinski definition) is 8. The molecule has 0 saturated carbocycles. The number of hydrogen-bond donors (Lipinski definition) is 4. The SMILES string of the molecule is NS(=O)(=O)N1CC(F)(CNc2nonc2C(=Nc2ccc(F)c(Br)c2)NO)C1. The second-order valence-electron chi connectivity index (χ2n) is 5.95. The maximum Gasteiger partial charge on any atom is 0.277 e. The highest BCUT2D eigenvalue weighted by Gasteiger charge is 2.48. The first-order valence-electron chi connectivity index (χ1n) is 7.59. The van der Waals surface area contributed by atoms with Crippen molar-refractivity contribution in [2.75, 3.05) is 25.0 Å². The van der Waals surface area contributed by atoms with E-state index in [1.807, 2.05) is 5.48 Å². The number of aromatic nitrogens is 2. The molecular weight excluding hydrogens is 468 g/mol. The molecule has 11 nitrogen and oxygen atoms in total. The van der Waals surface area contributed by atoms with Crippen LogP contribution in [-0.4, -0.2) is 59.4 Å². The zero-order valence-corrected chi connectivity index (χ0v) is 16.3. The van der Waals surface area contributed by atoms with E-state index in [1.165, 1.54) is 18.2 Å². The van der Waals surface area contributed by atoms with Crippen LogP contribution in [-0.2, 0) is 10.2 Å². The summed E-state index contributed by atoms with van der Waals surface area (Å²) in [5.41, 5.74) is 0.146. The summed E-state index contributed by atoms with van der Waals surface area (Å²) in [5, 5.41) is 24.0. The number of nitrogens with zero attached hydrogens (tertiary/aromatic N) is 4. The number of benzene rings is 1. The van der Waals surface area contributed by atoms with Crippen LogP contribution < -0.4 is 15.9 Å². The van der Waals surface area contributed by atoms with Crippen LogP contribution in [0.2, 0.25) is 0 Å². The van der Waals surface area contributed by atoms with Gasteiger partial charge in [0.25, 0.3) is 10.2 Å². The van der Waals surface area contributed by atoms with Crippen molar-refractivity contribution in [3.8, 4) is 0 Å². The van der Waals surface area contributed by atoms with Crippen molar-refractivity contribution in [1.82, 2.24) is 20.1 Å². The van der Waals surface area contributed by atoms with Crippen LogP contribution >= 0.6 is 15.9 Å². The minimum Gasteiger partial charge on any atom is -0.362 e. The molecule has 1 aromatic carbocycles. The van der Waals surface area contributed by atoms with Crippen LogP contribution in [0.4, 0.5) is 20.3 Å². The number of nitrogens with one attached hydrogen (secondary N) is 2. The number of rotatable bonds is 6. The Labute approximate surface area is 165 Å². The fourth-order valence-electron chi connectivity index (χ4n) is 2.39. The highest BCUT2D eigenvalue weighted by molar-refractivity contribution is 9.10. The Morgan fingerprint density at radius 2 is 2.18 bits per heavy atom. The molecule has 0 bridgehead atoms. The van der Waals surface area contributed by atoms with E-state index in [4.69, 9.17) is 5.14 Å². The minimum absolute atomic E-state index is 0.0486. The van der Waals surface area contributed by atoms with Crippen molar-refractivity contribution in [2.45, 2.75) is 5.67 Å². The highest BCUT2D eigenvalue weighted by atomic mass is 79.9. The van der Waals surface area contributed by atoms with Crippen molar-refractivity contribution < 1.29 is 27.0 Å². The van der Waals surface area contributed by atoms with Crippen molar-refractivity contribution in [1.29, 1.82) is 0 Å². The lowest BCUT2D eigenvalue weighted by molar-refractivity contribution is 0.0339. The first kappa shape index (κ1) is 20.5. The number of aliphatic imine (C=N–C) groups is 1. The van der Waals surface area contributed by atoms with Gasteiger partial charge in [-0.15, -0.1) is 0 Å².